The maximum absolute atomic E-state index is 12.1. The summed E-state index contributed by atoms with van der Waals surface area (Å²) in [6.45, 7) is 6.33. The fourth-order valence-corrected chi connectivity index (χ4v) is 3.12. The van der Waals surface area contributed by atoms with E-state index in [0.717, 1.165) is 50.6 Å². The number of aliphatic imine (C=N–C) groups is 1. The molecular weight excluding hydrogens is 455 g/mol. The number of guanidine groups is 1. The Morgan fingerprint density at radius 1 is 1.33 bits per heavy atom. The van der Waals surface area contributed by atoms with Crippen LogP contribution in [0.1, 0.15) is 32.3 Å². The van der Waals surface area contributed by atoms with Crippen LogP contribution in [0.15, 0.2) is 29.3 Å². The summed E-state index contributed by atoms with van der Waals surface area (Å²) in [5.41, 5.74) is 1.30. The molecule has 1 fully saturated rings. The lowest BCUT2D eigenvalue weighted by Crippen LogP contribution is -2.45. The van der Waals surface area contributed by atoms with Crippen LogP contribution >= 0.6 is 24.0 Å². The van der Waals surface area contributed by atoms with Gasteiger partial charge in [0.2, 0.25) is 5.91 Å². The van der Waals surface area contributed by atoms with Gasteiger partial charge in [-0.2, -0.15) is 0 Å². The number of carbonyl (C=O) groups excluding carboxylic acids is 1. The molecule has 7 heteroatoms. The van der Waals surface area contributed by atoms with Crippen molar-refractivity contribution in [1.82, 2.24) is 15.5 Å². The highest BCUT2D eigenvalue weighted by molar-refractivity contribution is 14.0. The topological polar surface area (TPSA) is 66.0 Å². The quantitative estimate of drug-likeness (QED) is 0.268. The smallest absolute Gasteiger partial charge is 0.225 e. The lowest BCUT2D eigenvalue weighted by Gasteiger charge is -2.20. The van der Waals surface area contributed by atoms with Crippen molar-refractivity contribution in [1.29, 1.82) is 0 Å². The van der Waals surface area contributed by atoms with Crippen LogP contribution in [0.25, 0.3) is 0 Å². The summed E-state index contributed by atoms with van der Waals surface area (Å²) < 4.78 is 5.18. The molecule has 1 aliphatic heterocycles. The summed E-state index contributed by atoms with van der Waals surface area (Å²) in [5, 5.41) is 6.80. The summed E-state index contributed by atoms with van der Waals surface area (Å²) in [6, 6.07) is 8.46. The number of ether oxygens (including phenoxy) is 1. The molecule has 1 aliphatic rings. The molecule has 6 nitrogen and oxygen atoms in total. The number of aryl methyl sites for hydroxylation is 1. The van der Waals surface area contributed by atoms with E-state index in [1.165, 1.54) is 5.56 Å². The molecule has 0 radical (unpaired) electrons. The largest absolute Gasteiger partial charge is 0.497 e. The van der Waals surface area contributed by atoms with Gasteiger partial charge in [0.25, 0.3) is 0 Å². The first kappa shape index (κ1) is 23.5. The molecule has 1 saturated heterocycles. The molecule has 152 valence electrons. The molecule has 1 amide bonds. The molecule has 2 rings (SSSR count). The fourth-order valence-electron chi connectivity index (χ4n) is 3.12. The zero-order chi connectivity index (χ0) is 18.9. The SMILES string of the molecule is CN=C(NCCCc1ccc(OC)cc1)NC1CCN(C(=O)C(C)C)C1.I. The lowest BCUT2D eigenvalue weighted by molar-refractivity contribution is -0.133. The van der Waals surface area contributed by atoms with Gasteiger partial charge in [-0.15, -0.1) is 24.0 Å². The molecule has 1 unspecified atom stereocenters. The van der Waals surface area contributed by atoms with E-state index in [0.29, 0.717) is 0 Å². The van der Waals surface area contributed by atoms with E-state index >= 15 is 0 Å². The first-order valence-corrected chi connectivity index (χ1v) is 9.42. The third-order valence-electron chi connectivity index (χ3n) is 4.65. The average molecular weight is 488 g/mol. The molecule has 0 aliphatic carbocycles. The molecule has 1 aromatic carbocycles. The van der Waals surface area contributed by atoms with Crippen LogP contribution in [0.5, 0.6) is 5.75 Å². The summed E-state index contributed by atoms with van der Waals surface area (Å²) in [7, 11) is 3.46. The summed E-state index contributed by atoms with van der Waals surface area (Å²) in [4.78, 5) is 18.3. The van der Waals surface area contributed by atoms with Crippen LogP contribution in [-0.2, 0) is 11.2 Å². The molecule has 0 bridgehead atoms. The van der Waals surface area contributed by atoms with E-state index in [1.807, 2.05) is 30.9 Å². The molecule has 2 N–H and O–H groups in total. The van der Waals surface area contributed by atoms with Crippen LogP contribution in [0.4, 0.5) is 0 Å². The number of amides is 1. The van der Waals surface area contributed by atoms with Gasteiger partial charge in [0.05, 0.1) is 7.11 Å². The molecule has 1 atom stereocenters. The standard InChI is InChI=1S/C20H32N4O2.HI/c1-15(2)19(25)24-13-11-17(14-24)23-20(21-3)22-12-5-6-16-7-9-18(26-4)10-8-16;/h7-10,15,17H,5-6,11-14H2,1-4H3,(H2,21,22,23);1H. The van der Waals surface area contributed by atoms with Gasteiger partial charge in [-0.3, -0.25) is 9.79 Å². The van der Waals surface area contributed by atoms with E-state index in [2.05, 4.69) is 27.8 Å². The number of nitrogens with one attached hydrogen (secondary N) is 2. The van der Waals surface area contributed by atoms with Gasteiger partial charge in [0.1, 0.15) is 5.75 Å². The van der Waals surface area contributed by atoms with Gasteiger partial charge in [-0.1, -0.05) is 26.0 Å². The van der Waals surface area contributed by atoms with Gasteiger partial charge in [-0.25, -0.2) is 0 Å². The first-order valence-electron chi connectivity index (χ1n) is 9.42. The van der Waals surface area contributed by atoms with Gasteiger partial charge >= 0.3 is 0 Å². The predicted molar refractivity (Wildman–Crippen MR) is 121 cm³/mol. The van der Waals surface area contributed by atoms with E-state index in [9.17, 15) is 4.79 Å². The van der Waals surface area contributed by atoms with Gasteiger partial charge < -0.3 is 20.3 Å². The third-order valence-corrected chi connectivity index (χ3v) is 4.65. The normalized spacial score (nSPS) is 16.9. The molecule has 1 aromatic rings. The molecule has 1 heterocycles. The molecular formula is C20H33IN4O2. The number of halogens is 1. The molecule has 0 aromatic heterocycles. The second-order valence-electron chi connectivity index (χ2n) is 7.02. The summed E-state index contributed by atoms with van der Waals surface area (Å²) >= 11 is 0. The van der Waals surface area contributed by atoms with Crippen LogP contribution < -0.4 is 15.4 Å². The zero-order valence-electron chi connectivity index (χ0n) is 16.8. The predicted octanol–water partition coefficient (Wildman–Crippen LogP) is 2.67. The highest BCUT2D eigenvalue weighted by atomic mass is 127. The highest BCUT2D eigenvalue weighted by Crippen LogP contribution is 2.13. The average Bonchev–Trinajstić information content (AvgIpc) is 3.12. The summed E-state index contributed by atoms with van der Waals surface area (Å²) in [5.74, 6) is 1.99. The Hall–Kier alpha value is -1.51. The fraction of sp³-hybridized carbons (Fsp3) is 0.600. The van der Waals surface area contributed by atoms with E-state index in [4.69, 9.17) is 4.74 Å². The number of likely N-dealkylation sites (tertiary alicyclic amines) is 1. The minimum absolute atomic E-state index is 0. The van der Waals surface area contributed by atoms with Gasteiger partial charge in [-0.05, 0) is 37.0 Å². The van der Waals surface area contributed by atoms with E-state index in [1.54, 1.807) is 14.2 Å². The number of nitrogens with zero attached hydrogens (tertiary/aromatic N) is 2. The molecule has 0 saturated carbocycles. The first-order chi connectivity index (χ1) is 12.5. The second-order valence-corrected chi connectivity index (χ2v) is 7.02. The van der Waals surface area contributed by atoms with Crippen LogP contribution in [0, 0.1) is 5.92 Å². The van der Waals surface area contributed by atoms with E-state index in [-0.39, 0.29) is 41.8 Å². The zero-order valence-corrected chi connectivity index (χ0v) is 19.2. The number of carbonyl (C=O) groups is 1. The number of hydrogen-bond donors (Lipinski definition) is 2. The monoisotopic (exact) mass is 488 g/mol. The Labute approximate surface area is 180 Å². The Morgan fingerprint density at radius 3 is 2.63 bits per heavy atom. The Bertz CT molecular complexity index is 605. The Kier molecular flexibility index (Phi) is 10.5. The lowest BCUT2D eigenvalue weighted by atomic mass is 10.1. The number of methoxy groups -OCH3 is 1. The third kappa shape index (κ3) is 7.56. The van der Waals surface area contributed by atoms with Gasteiger partial charge in [0.15, 0.2) is 5.96 Å². The minimum atomic E-state index is 0. The van der Waals surface area contributed by atoms with Crippen molar-refractivity contribution in [2.24, 2.45) is 10.9 Å². The maximum Gasteiger partial charge on any atom is 0.225 e. The maximum atomic E-state index is 12.1. The Morgan fingerprint density at radius 2 is 2.04 bits per heavy atom. The van der Waals surface area contributed by atoms with Crippen molar-refractivity contribution in [3.63, 3.8) is 0 Å². The second kappa shape index (κ2) is 12.0. The number of rotatable bonds is 7. The van der Waals surface area contributed by atoms with Crippen molar-refractivity contribution >= 4 is 35.8 Å². The minimum Gasteiger partial charge on any atom is -0.497 e. The van der Waals surface area contributed by atoms with Crippen molar-refractivity contribution in [2.45, 2.75) is 39.2 Å². The van der Waals surface area contributed by atoms with Gasteiger partial charge in [0, 0.05) is 38.6 Å². The number of hydrogen-bond acceptors (Lipinski definition) is 3. The van der Waals surface area contributed by atoms with Crippen molar-refractivity contribution in [3.8, 4) is 5.75 Å². The van der Waals surface area contributed by atoms with Crippen LogP contribution in [0.2, 0.25) is 0 Å². The molecule has 0 spiro atoms. The van der Waals surface area contributed by atoms with Crippen molar-refractivity contribution in [2.75, 3.05) is 33.8 Å². The van der Waals surface area contributed by atoms with Crippen LogP contribution in [-0.4, -0.2) is 56.6 Å². The van der Waals surface area contributed by atoms with Crippen molar-refractivity contribution < 1.29 is 9.53 Å². The summed E-state index contributed by atoms with van der Waals surface area (Å²) in [6.07, 6.45) is 2.99. The van der Waals surface area contributed by atoms with E-state index < -0.39 is 0 Å². The Balaban J connectivity index is 0.00000364. The van der Waals surface area contributed by atoms with Crippen molar-refractivity contribution in [3.05, 3.63) is 29.8 Å². The number of benzene rings is 1. The molecule has 27 heavy (non-hydrogen) atoms. The highest BCUT2D eigenvalue weighted by Gasteiger charge is 2.27. The van der Waals surface area contributed by atoms with Crippen LogP contribution in [0.3, 0.4) is 0 Å².